The van der Waals surface area contributed by atoms with Crippen molar-refractivity contribution in [1.29, 1.82) is 0 Å². The van der Waals surface area contributed by atoms with E-state index in [2.05, 4.69) is 110 Å². The molecule has 1 aliphatic rings. The van der Waals surface area contributed by atoms with Crippen LogP contribution in [0.15, 0.2) is 0 Å². The maximum atomic E-state index is 6.99. The van der Waals surface area contributed by atoms with E-state index in [1.165, 1.54) is 10.8 Å². The second-order valence-corrected chi connectivity index (χ2v) is 18.5. The quantitative estimate of drug-likeness (QED) is 0.167. The van der Waals surface area contributed by atoms with Gasteiger partial charge in [-0.25, -0.2) is 0 Å². The third kappa shape index (κ3) is 4.33. The van der Waals surface area contributed by atoms with Gasteiger partial charge in [0.25, 0.3) is 0 Å². The molecule has 0 N–H and O–H groups in total. The molecule has 0 saturated heterocycles. The van der Waals surface area contributed by atoms with Gasteiger partial charge in [-0.1, -0.05) is 110 Å². The Morgan fingerprint density at radius 2 is 1.45 bits per heavy atom. The Balaban J connectivity index is 2.96. The molecule has 0 heterocycles. The van der Waals surface area contributed by atoms with Crippen LogP contribution >= 0.6 is 54.5 Å². The minimum atomic E-state index is -1.81. The molecule has 0 aromatic heterocycles. The minimum absolute atomic E-state index is 0.0139. The Kier molecular flexibility index (Phi) is 7.59. The molecule has 1 saturated carbocycles. The maximum absolute atomic E-state index is 6.99. The first-order valence-electron chi connectivity index (χ1n) is 8.44. The SMILES string of the molecule is CC(C)[Si](OC1C(CC(C)(C)CI)C1(Br)Br)(C(C)C)C(C)C. The van der Waals surface area contributed by atoms with E-state index >= 15 is 0 Å². The predicted molar refractivity (Wildman–Crippen MR) is 117 cm³/mol. The van der Waals surface area contributed by atoms with Gasteiger partial charge in [0.05, 0.1) is 6.10 Å². The highest BCUT2D eigenvalue weighted by Crippen LogP contribution is 2.64. The first-order valence-corrected chi connectivity index (χ1v) is 13.7. The summed E-state index contributed by atoms with van der Waals surface area (Å²) in [5.74, 6) is 0.570. The average molecular weight is 568 g/mol. The molecule has 0 radical (unpaired) electrons. The summed E-state index contributed by atoms with van der Waals surface area (Å²) in [6.45, 7) is 18.9. The van der Waals surface area contributed by atoms with E-state index in [9.17, 15) is 0 Å². The van der Waals surface area contributed by atoms with Gasteiger partial charge in [0, 0.05) is 10.3 Å². The van der Waals surface area contributed by atoms with Crippen molar-refractivity contribution < 1.29 is 4.43 Å². The van der Waals surface area contributed by atoms with E-state index in [0.29, 0.717) is 34.1 Å². The molecule has 0 spiro atoms. The van der Waals surface area contributed by atoms with Crippen LogP contribution in [0.4, 0.5) is 0 Å². The largest absolute Gasteiger partial charge is 0.410 e. The first-order chi connectivity index (χ1) is 9.83. The highest BCUT2D eigenvalue weighted by molar-refractivity contribution is 14.1. The lowest BCUT2D eigenvalue weighted by Gasteiger charge is -2.42. The molecule has 1 nitrogen and oxygen atoms in total. The van der Waals surface area contributed by atoms with E-state index in [0.717, 1.165) is 0 Å². The molecular formula is C17H33Br2IOSi. The average Bonchev–Trinajstić information content (AvgIpc) is 2.84. The van der Waals surface area contributed by atoms with Crippen LogP contribution in [0.25, 0.3) is 0 Å². The van der Waals surface area contributed by atoms with Crippen LogP contribution in [0.3, 0.4) is 0 Å². The number of rotatable bonds is 8. The highest BCUT2D eigenvalue weighted by Gasteiger charge is 2.66. The van der Waals surface area contributed by atoms with Gasteiger partial charge in [0.15, 0.2) is 0 Å². The van der Waals surface area contributed by atoms with Gasteiger partial charge in [-0.05, 0) is 28.5 Å². The molecule has 2 atom stereocenters. The van der Waals surface area contributed by atoms with Crippen molar-refractivity contribution in [2.24, 2.45) is 11.3 Å². The lowest BCUT2D eigenvalue weighted by atomic mass is 9.89. The van der Waals surface area contributed by atoms with E-state index < -0.39 is 8.32 Å². The summed E-state index contributed by atoms with van der Waals surface area (Å²) in [4.78, 5) is 0. The van der Waals surface area contributed by atoms with Gasteiger partial charge in [-0.15, -0.1) is 0 Å². The summed E-state index contributed by atoms with van der Waals surface area (Å²) >= 11 is 10.3. The van der Waals surface area contributed by atoms with Crippen molar-refractivity contribution in [3.05, 3.63) is 0 Å². The summed E-state index contributed by atoms with van der Waals surface area (Å²) in [7, 11) is -1.81. The van der Waals surface area contributed by atoms with Gasteiger partial charge in [0.2, 0.25) is 8.32 Å². The molecule has 0 aromatic carbocycles. The zero-order chi connectivity index (χ0) is 17.5. The zero-order valence-corrected chi connectivity index (χ0v) is 21.7. The van der Waals surface area contributed by atoms with Gasteiger partial charge < -0.3 is 4.43 Å². The van der Waals surface area contributed by atoms with Crippen molar-refractivity contribution >= 4 is 62.8 Å². The van der Waals surface area contributed by atoms with E-state index in [1.54, 1.807) is 0 Å². The number of alkyl halides is 3. The predicted octanol–water partition coefficient (Wildman–Crippen LogP) is 7.51. The summed E-state index contributed by atoms with van der Waals surface area (Å²) in [5.41, 5.74) is 2.29. The van der Waals surface area contributed by atoms with Gasteiger partial charge in [-0.2, -0.15) is 0 Å². The maximum Gasteiger partial charge on any atom is 0.200 e. The molecule has 2 unspecified atom stereocenters. The molecule has 0 amide bonds. The first kappa shape index (κ1) is 21.9. The third-order valence-corrected chi connectivity index (χ3v) is 15.5. The Morgan fingerprint density at radius 1 is 1.05 bits per heavy atom. The van der Waals surface area contributed by atoms with E-state index in [4.69, 9.17) is 4.43 Å². The highest BCUT2D eigenvalue weighted by atomic mass is 127. The van der Waals surface area contributed by atoms with Gasteiger partial charge >= 0.3 is 0 Å². The Bertz CT molecular complexity index is 361. The molecule has 1 rings (SSSR count). The van der Waals surface area contributed by atoms with Crippen molar-refractivity contribution in [2.45, 2.75) is 87.8 Å². The standard InChI is InChI=1S/C17H33Br2IOSi/c1-11(2)22(12(3)4,13(5)6)21-15-14(17(15,18)19)9-16(7,8)10-20/h11-15H,9-10H2,1-8H3. The molecule has 0 bridgehead atoms. The summed E-state index contributed by atoms with van der Waals surface area (Å²) < 4.78 is 8.17. The topological polar surface area (TPSA) is 9.23 Å². The smallest absolute Gasteiger partial charge is 0.200 e. The molecule has 132 valence electrons. The monoisotopic (exact) mass is 566 g/mol. The van der Waals surface area contributed by atoms with Crippen LogP contribution in [0.5, 0.6) is 0 Å². The third-order valence-electron chi connectivity index (χ3n) is 5.30. The molecular weight excluding hydrogens is 535 g/mol. The Morgan fingerprint density at radius 3 is 1.77 bits per heavy atom. The number of hydrogen-bond acceptors (Lipinski definition) is 1. The fraction of sp³-hybridized carbons (Fsp3) is 1.00. The number of hydrogen-bond donors (Lipinski definition) is 0. The lowest BCUT2D eigenvalue weighted by molar-refractivity contribution is 0.229. The Labute approximate surface area is 169 Å². The van der Waals surface area contributed by atoms with Crippen molar-refractivity contribution in [2.75, 3.05) is 4.43 Å². The van der Waals surface area contributed by atoms with E-state index in [-0.39, 0.29) is 3.23 Å². The van der Waals surface area contributed by atoms with Gasteiger partial charge in [0.1, 0.15) is 3.23 Å². The van der Waals surface area contributed by atoms with E-state index in [1.807, 2.05) is 0 Å². The van der Waals surface area contributed by atoms with Crippen LogP contribution < -0.4 is 0 Å². The minimum Gasteiger partial charge on any atom is -0.410 e. The molecule has 0 aromatic rings. The van der Waals surface area contributed by atoms with Crippen LogP contribution in [0, 0.1) is 11.3 Å². The summed E-state index contributed by atoms with van der Waals surface area (Å²) in [6.07, 6.45) is 1.52. The van der Waals surface area contributed by atoms with Crippen molar-refractivity contribution in [3.8, 4) is 0 Å². The fourth-order valence-electron chi connectivity index (χ4n) is 4.04. The van der Waals surface area contributed by atoms with Crippen LogP contribution in [0.1, 0.15) is 61.8 Å². The molecule has 22 heavy (non-hydrogen) atoms. The second kappa shape index (κ2) is 7.63. The van der Waals surface area contributed by atoms with Crippen LogP contribution in [-0.4, -0.2) is 22.1 Å². The van der Waals surface area contributed by atoms with Crippen molar-refractivity contribution in [1.82, 2.24) is 0 Å². The zero-order valence-electron chi connectivity index (χ0n) is 15.3. The summed E-state index contributed by atoms with van der Waals surface area (Å²) in [5, 5.41) is 0. The van der Waals surface area contributed by atoms with Crippen LogP contribution in [0.2, 0.25) is 16.6 Å². The molecule has 0 aliphatic heterocycles. The van der Waals surface area contributed by atoms with Crippen molar-refractivity contribution in [3.63, 3.8) is 0 Å². The molecule has 1 aliphatic carbocycles. The van der Waals surface area contributed by atoms with Gasteiger partial charge in [-0.3, -0.25) is 0 Å². The Hall–Kier alpha value is 1.87. The normalized spacial score (nSPS) is 25.4. The van der Waals surface area contributed by atoms with Crippen LogP contribution in [-0.2, 0) is 4.43 Å². The number of halogens is 3. The molecule has 5 heteroatoms. The second-order valence-electron chi connectivity index (χ2n) is 8.64. The lowest BCUT2D eigenvalue weighted by Crippen LogP contribution is -2.49. The molecule has 1 fully saturated rings. The fourth-order valence-corrected chi connectivity index (χ4v) is 11.7. The summed E-state index contributed by atoms with van der Waals surface area (Å²) in [6, 6.07) is 0.